The van der Waals surface area contributed by atoms with Crippen LogP contribution >= 0.6 is 0 Å². The Morgan fingerprint density at radius 1 is 0.824 bits per heavy atom. The summed E-state index contributed by atoms with van der Waals surface area (Å²) >= 11 is 0. The van der Waals surface area contributed by atoms with E-state index in [0.717, 1.165) is 16.7 Å². The fourth-order valence-corrected chi connectivity index (χ4v) is 4.50. The molecule has 3 aromatic rings. The van der Waals surface area contributed by atoms with Crippen LogP contribution in [0, 0.1) is 5.92 Å². The summed E-state index contributed by atoms with van der Waals surface area (Å²) in [5, 5.41) is 0. The van der Waals surface area contributed by atoms with Gasteiger partial charge in [0.05, 0.1) is 25.9 Å². The molecule has 2 aliphatic heterocycles. The first-order chi connectivity index (χ1) is 16.8. The number of hydrogen-bond donors (Lipinski definition) is 0. The molecule has 5 rings (SSSR count). The SMILES string of the molecule is O=C(OCc1ccccc1)N1C[C@@H]2COC(c3ccccc3)O[C@H]2[C@H](OCc2ccccc2)C1. The molecular formula is C28H29NO5. The number of nitrogens with zero attached hydrogens (tertiary/aromatic N) is 1. The Morgan fingerprint density at radius 2 is 1.44 bits per heavy atom. The lowest BCUT2D eigenvalue weighted by Gasteiger charge is -2.46. The standard InChI is InChI=1S/C28H29NO5/c30-28(33-19-22-12-6-2-7-13-22)29-16-24-20-32-27(23-14-8-3-9-15-23)34-26(24)25(17-29)31-18-21-10-4-1-5-11-21/h1-15,24-27H,16-20H2/t24-,25-,26-,27?/m1/s1. The smallest absolute Gasteiger partial charge is 0.410 e. The highest BCUT2D eigenvalue weighted by Gasteiger charge is 2.45. The Kier molecular flexibility index (Phi) is 7.19. The van der Waals surface area contributed by atoms with Gasteiger partial charge in [-0.1, -0.05) is 91.0 Å². The normalized spacial score (nSPS) is 24.3. The Hall–Kier alpha value is -3.19. The molecule has 1 amide bonds. The van der Waals surface area contributed by atoms with Crippen molar-refractivity contribution in [2.24, 2.45) is 5.92 Å². The molecule has 176 valence electrons. The maximum Gasteiger partial charge on any atom is 0.410 e. The molecule has 0 aromatic heterocycles. The van der Waals surface area contributed by atoms with Gasteiger partial charge in [-0.25, -0.2) is 4.79 Å². The van der Waals surface area contributed by atoms with Crippen LogP contribution in [-0.4, -0.2) is 42.9 Å². The van der Waals surface area contributed by atoms with E-state index >= 15 is 0 Å². The van der Waals surface area contributed by atoms with Gasteiger partial charge < -0.3 is 23.8 Å². The molecule has 2 fully saturated rings. The highest BCUT2D eigenvalue weighted by atomic mass is 16.7. The first-order valence-corrected chi connectivity index (χ1v) is 11.7. The molecule has 6 nitrogen and oxygen atoms in total. The van der Waals surface area contributed by atoms with Gasteiger partial charge in [0.2, 0.25) is 0 Å². The molecule has 1 unspecified atom stereocenters. The predicted octanol–water partition coefficient (Wildman–Crippen LogP) is 4.95. The second-order valence-electron chi connectivity index (χ2n) is 8.72. The predicted molar refractivity (Wildman–Crippen MR) is 127 cm³/mol. The van der Waals surface area contributed by atoms with Crippen LogP contribution in [-0.2, 0) is 32.2 Å². The van der Waals surface area contributed by atoms with Crippen LogP contribution < -0.4 is 0 Å². The van der Waals surface area contributed by atoms with E-state index in [1.54, 1.807) is 4.90 Å². The van der Waals surface area contributed by atoms with Gasteiger partial charge in [-0.15, -0.1) is 0 Å². The second kappa shape index (κ2) is 10.8. The molecule has 0 saturated carbocycles. The highest BCUT2D eigenvalue weighted by molar-refractivity contribution is 5.68. The van der Waals surface area contributed by atoms with Crippen molar-refractivity contribution in [3.05, 3.63) is 108 Å². The van der Waals surface area contributed by atoms with Crippen LogP contribution in [0.5, 0.6) is 0 Å². The Morgan fingerprint density at radius 3 is 2.12 bits per heavy atom. The number of carbonyl (C=O) groups is 1. The molecule has 4 atom stereocenters. The van der Waals surface area contributed by atoms with Gasteiger partial charge in [-0.3, -0.25) is 0 Å². The van der Waals surface area contributed by atoms with Gasteiger partial charge in [-0.05, 0) is 11.1 Å². The minimum Gasteiger partial charge on any atom is -0.445 e. The number of likely N-dealkylation sites (tertiary alicyclic amines) is 1. The van der Waals surface area contributed by atoms with E-state index in [9.17, 15) is 4.79 Å². The Labute approximate surface area is 200 Å². The van der Waals surface area contributed by atoms with Crippen molar-refractivity contribution < 1.29 is 23.7 Å². The van der Waals surface area contributed by atoms with E-state index in [-0.39, 0.29) is 30.8 Å². The van der Waals surface area contributed by atoms with Crippen LogP contribution in [0.25, 0.3) is 0 Å². The van der Waals surface area contributed by atoms with E-state index in [4.69, 9.17) is 18.9 Å². The number of rotatable bonds is 6. The topological polar surface area (TPSA) is 57.2 Å². The number of piperidine rings is 1. The molecule has 2 saturated heterocycles. The number of fused-ring (bicyclic) bond motifs is 1. The van der Waals surface area contributed by atoms with Crippen molar-refractivity contribution in [1.29, 1.82) is 0 Å². The monoisotopic (exact) mass is 459 g/mol. The molecule has 6 heteroatoms. The third kappa shape index (κ3) is 5.47. The zero-order valence-corrected chi connectivity index (χ0v) is 19.0. The summed E-state index contributed by atoms with van der Waals surface area (Å²) in [6.07, 6.45) is -1.26. The molecule has 2 aliphatic rings. The maximum atomic E-state index is 12.9. The molecule has 0 N–H and O–H groups in total. The van der Waals surface area contributed by atoms with Gasteiger partial charge in [0.25, 0.3) is 0 Å². The van der Waals surface area contributed by atoms with E-state index < -0.39 is 6.29 Å². The van der Waals surface area contributed by atoms with Gasteiger partial charge in [0.15, 0.2) is 6.29 Å². The zero-order valence-electron chi connectivity index (χ0n) is 19.0. The summed E-state index contributed by atoms with van der Waals surface area (Å²) in [7, 11) is 0. The fraction of sp³-hybridized carbons (Fsp3) is 0.321. The molecular weight excluding hydrogens is 430 g/mol. The summed E-state index contributed by atoms with van der Waals surface area (Å²) < 4.78 is 24.4. The summed E-state index contributed by atoms with van der Waals surface area (Å²) in [6, 6.07) is 29.6. The highest BCUT2D eigenvalue weighted by Crippen LogP contribution is 2.35. The summed E-state index contributed by atoms with van der Waals surface area (Å²) in [5.41, 5.74) is 3.01. The first-order valence-electron chi connectivity index (χ1n) is 11.7. The van der Waals surface area contributed by atoms with Crippen molar-refractivity contribution >= 4 is 6.09 Å². The van der Waals surface area contributed by atoms with E-state index in [2.05, 4.69) is 0 Å². The Balaban J connectivity index is 1.28. The molecule has 0 radical (unpaired) electrons. The van der Waals surface area contributed by atoms with Crippen LogP contribution in [0.4, 0.5) is 4.79 Å². The third-order valence-electron chi connectivity index (χ3n) is 6.27. The van der Waals surface area contributed by atoms with Gasteiger partial charge >= 0.3 is 6.09 Å². The van der Waals surface area contributed by atoms with Crippen molar-refractivity contribution in [3.63, 3.8) is 0 Å². The van der Waals surface area contributed by atoms with E-state index in [1.165, 1.54) is 0 Å². The molecule has 0 aliphatic carbocycles. The lowest BCUT2D eigenvalue weighted by atomic mass is 9.91. The van der Waals surface area contributed by atoms with Crippen LogP contribution in [0.1, 0.15) is 23.0 Å². The molecule has 34 heavy (non-hydrogen) atoms. The summed E-state index contributed by atoms with van der Waals surface area (Å²) in [5.74, 6) is -0.00115. The second-order valence-corrected chi connectivity index (χ2v) is 8.72. The molecule has 0 spiro atoms. The van der Waals surface area contributed by atoms with Crippen molar-refractivity contribution in [2.75, 3.05) is 19.7 Å². The number of benzene rings is 3. The minimum absolute atomic E-state index is 0.00115. The van der Waals surface area contributed by atoms with Crippen molar-refractivity contribution in [3.8, 4) is 0 Å². The quantitative estimate of drug-likeness (QED) is 0.522. The maximum absolute atomic E-state index is 12.9. The van der Waals surface area contributed by atoms with E-state index in [0.29, 0.717) is 26.3 Å². The minimum atomic E-state index is -0.443. The Bertz CT molecular complexity index is 1050. The van der Waals surface area contributed by atoms with E-state index in [1.807, 2.05) is 91.0 Å². The summed E-state index contributed by atoms with van der Waals surface area (Å²) in [6.45, 7) is 2.08. The number of hydrogen-bond acceptors (Lipinski definition) is 5. The third-order valence-corrected chi connectivity index (χ3v) is 6.27. The van der Waals surface area contributed by atoms with Crippen molar-refractivity contribution in [1.82, 2.24) is 4.90 Å². The number of ether oxygens (including phenoxy) is 4. The van der Waals surface area contributed by atoms with Crippen molar-refractivity contribution in [2.45, 2.75) is 31.7 Å². The van der Waals surface area contributed by atoms with Crippen LogP contribution in [0.2, 0.25) is 0 Å². The zero-order chi connectivity index (χ0) is 23.2. The molecule has 0 bridgehead atoms. The fourth-order valence-electron chi connectivity index (χ4n) is 4.50. The van der Waals surface area contributed by atoms with Crippen LogP contribution in [0.15, 0.2) is 91.0 Å². The molecule has 3 aromatic carbocycles. The molecule has 2 heterocycles. The lowest BCUT2D eigenvalue weighted by Crippen LogP contribution is -2.59. The largest absolute Gasteiger partial charge is 0.445 e. The van der Waals surface area contributed by atoms with Gasteiger partial charge in [0, 0.05) is 18.0 Å². The average molecular weight is 460 g/mol. The first kappa shape index (κ1) is 22.6. The number of carbonyl (C=O) groups excluding carboxylic acids is 1. The van der Waals surface area contributed by atoms with Gasteiger partial charge in [-0.2, -0.15) is 0 Å². The lowest BCUT2D eigenvalue weighted by molar-refractivity contribution is -0.279. The van der Waals surface area contributed by atoms with Crippen LogP contribution in [0.3, 0.4) is 0 Å². The summed E-state index contributed by atoms with van der Waals surface area (Å²) in [4.78, 5) is 14.6. The van der Waals surface area contributed by atoms with Gasteiger partial charge in [0.1, 0.15) is 12.7 Å². The average Bonchev–Trinajstić information content (AvgIpc) is 2.91. The number of amides is 1.